The first kappa shape index (κ1) is 33.4. The number of nitrogens with zero attached hydrogens (tertiary/aromatic N) is 5. The molecule has 2 N–H and O–H groups in total. The third-order valence-corrected chi connectivity index (χ3v) is 8.22. The zero-order valence-electron chi connectivity index (χ0n) is 26.7. The molecule has 2 aromatic carbocycles. The maximum absolute atomic E-state index is 13.6. The van der Waals surface area contributed by atoms with Crippen LogP contribution in [0.1, 0.15) is 74.6 Å². The predicted molar refractivity (Wildman–Crippen MR) is 171 cm³/mol. The second kappa shape index (κ2) is 13.8. The molecule has 1 aliphatic rings. The van der Waals surface area contributed by atoms with Gasteiger partial charge in [0.1, 0.15) is 22.9 Å². The van der Waals surface area contributed by atoms with Gasteiger partial charge in [-0.05, 0) is 63.8 Å². The Kier molecular flexibility index (Phi) is 9.83. The fourth-order valence-electron chi connectivity index (χ4n) is 5.11. The van der Waals surface area contributed by atoms with Gasteiger partial charge >= 0.3 is 12.3 Å². The van der Waals surface area contributed by atoms with Gasteiger partial charge in [-0.15, -0.1) is 0 Å². The molecule has 47 heavy (non-hydrogen) atoms. The van der Waals surface area contributed by atoms with Crippen LogP contribution in [0.25, 0.3) is 17.2 Å². The number of piperidine rings is 1. The minimum atomic E-state index is -4.57. The summed E-state index contributed by atoms with van der Waals surface area (Å²) < 4.78 is 48.0. The Morgan fingerprint density at radius 2 is 1.74 bits per heavy atom. The number of benzene rings is 2. The van der Waals surface area contributed by atoms with E-state index in [1.165, 1.54) is 29.1 Å². The Balaban J connectivity index is 1.39. The summed E-state index contributed by atoms with van der Waals surface area (Å²) in [5.41, 5.74) is -0.231. The summed E-state index contributed by atoms with van der Waals surface area (Å²) in [4.78, 5) is 41.1. The number of anilines is 1. The SMILES string of the molecule is CCC(C)(C)OC(=O)N1CCC(NC(=O)c2cn(-c3ccnc(N[C@@H](C)c4ccccc4)n3)c(-c3cccc(C(F)(F)F)c3)n2)CC1. The number of hydrogen-bond donors (Lipinski definition) is 2. The number of carbonyl (C=O) groups excluding carboxylic acids is 2. The van der Waals surface area contributed by atoms with Crippen molar-refractivity contribution in [1.29, 1.82) is 0 Å². The molecule has 0 spiro atoms. The fourth-order valence-corrected chi connectivity index (χ4v) is 5.11. The number of carbonyl (C=O) groups is 2. The molecule has 0 radical (unpaired) electrons. The van der Waals surface area contributed by atoms with E-state index in [-0.39, 0.29) is 35.3 Å². The lowest BCUT2D eigenvalue weighted by Crippen LogP contribution is -2.48. The van der Waals surface area contributed by atoms with Crippen molar-refractivity contribution in [3.8, 4) is 17.2 Å². The Morgan fingerprint density at radius 3 is 2.43 bits per heavy atom. The van der Waals surface area contributed by atoms with Gasteiger partial charge in [-0.3, -0.25) is 9.36 Å². The molecule has 0 bridgehead atoms. The molecule has 1 saturated heterocycles. The zero-order chi connectivity index (χ0) is 33.8. The van der Waals surface area contributed by atoms with Crippen LogP contribution in [0.5, 0.6) is 0 Å². The molecular formula is C34H38F3N7O3. The quantitative estimate of drug-likeness (QED) is 0.200. The Labute approximate surface area is 271 Å². The van der Waals surface area contributed by atoms with Gasteiger partial charge in [0.25, 0.3) is 5.91 Å². The monoisotopic (exact) mass is 649 g/mol. The number of amides is 2. The normalized spacial score (nSPS) is 14.8. The third kappa shape index (κ3) is 8.27. The molecule has 13 heteroatoms. The van der Waals surface area contributed by atoms with Gasteiger partial charge in [0.15, 0.2) is 0 Å². The lowest BCUT2D eigenvalue weighted by molar-refractivity contribution is -0.137. The number of alkyl halides is 3. The first-order chi connectivity index (χ1) is 22.3. The van der Waals surface area contributed by atoms with E-state index in [1.807, 2.05) is 58.0 Å². The van der Waals surface area contributed by atoms with Crippen molar-refractivity contribution >= 4 is 17.9 Å². The van der Waals surface area contributed by atoms with Crippen LogP contribution in [0.2, 0.25) is 0 Å². The number of hydrogen-bond acceptors (Lipinski definition) is 7. The van der Waals surface area contributed by atoms with Crippen LogP contribution in [0.15, 0.2) is 73.1 Å². The highest BCUT2D eigenvalue weighted by atomic mass is 19.4. The number of nitrogens with one attached hydrogen (secondary N) is 2. The number of ether oxygens (including phenoxy) is 1. The smallest absolute Gasteiger partial charge is 0.416 e. The van der Waals surface area contributed by atoms with Gasteiger partial charge < -0.3 is 20.3 Å². The summed E-state index contributed by atoms with van der Waals surface area (Å²) in [7, 11) is 0. The molecule has 1 aliphatic heterocycles. The number of aromatic nitrogens is 4. The molecule has 4 aromatic rings. The predicted octanol–water partition coefficient (Wildman–Crippen LogP) is 7.04. The molecule has 3 heterocycles. The molecule has 5 rings (SSSR count). The van der Waals surface area contributed by atoms with Crippen molar-refractivity contribution in [3.05, 3.63) is 89.9 Å². The minimum absolute atomic E-state index is 0.00900. The van der Waals surface area contributed by atoms with E-state index in [1.54, 1.807) is 11.0 Å². The van der Waals surface area contributed by atoms with Gasteiger partial charge in [-0.1, -0.05) is 49.4 Å². The van der Waals surface area contributed by atoms with Crippen molar-refractivity contribution in [2.75, 3.05) is 18.4 Å². The molecule has 0 unspecified atom stereocenters. The van der Waals surface area contributed by atoms with Gasteiger partial charge in [0.05, 0.1) is 11.6 Å². The molecule has 2 aromatic heterocycles. The topological polar surface area (TPSA) is 114 Å². The van der Waals surface area contributed by atoms with E-state index in [0.717, 1.165) is 17.7 Å². The molecule has 2 amide bonds. The van der Waals surface area contributed by atoms with E-state index in [9.17, 15) is 22.8 Å². The van der Waals surface area contributed by atoms with Crippen molar-refractivity contribution in [3.63, 3.8) is 0 Å². The van der Waals surface area contributed by atoms with E-state index >= 15 is 0 Å². The number of imidazole rings is 1. The van der Waals surface area contributed by atoms with Crippen LogP contribution in [0, 0.1) is 0 Å². The molecule has 1 fully saturated rings. The summed E-state index contributed by atoms with van der Waals surface area (Å²) in [5.74, 6) is 0.220. The second-order valence-electron chi connectivity index (χ2n) is 12.1. The maximum Gasteiger partial charge on any atom is 0.416 e. The third-order valence-electron chi connectivity index (χ3n) is 8.22. The average molecular weight is 650 g/mol. The molecule has 0 saturated carbocycles. The summed E-state index contributed by atoms with van der Waals surface area (Å²) in [5, 5.41) is 6.22. The molecule has 248 valence electrons. The van der Waals surface area contributed by atoms with Crippen LogP contribution in [0.3, 0.4) is 0 Å². The molecule has 1 atom stereocenters. The van der Waals surface area contributed by atoms with E-state index in [0.29, 0.717) is 44.1 Å². The number of likely N-dealkylation sites (tertiary alicyclic amines) is 1. The van der Waals surface area contributed by atoms with Crippen LogP contribution in [0.4, 0.5) is 23.9 Å². The first-order valence-corrected chi connectivity index (χ1v) is 15.5. The first-order valence-electron chi connectivity index (χ1n) is 15.5. The minimum Gasteiger partial charge on any atom is -0.443 e. The lowest BCUT2D eigenvalue weighted by atomic mass is 10.0. The van der Waals surface area contributed by atoms with Gasteiger partial charge in [0.2, 0.25) is 5.95 Å². The Morgan fingerprint density at radius 1 is 1.02 bits per heavy atom. The van der Waals surface area contributed by atoms with Crippen LogP contribution >= 0.6 is 0 Å². The van der Waals surface area contributed by atoms with Gasteiger partial charge in [-0.2, -0.15) is 18.2 Å². The average Bonchev–Trinajstić information content (AvgIpc) is 3.51. The largest absolute Gasteiger partial charge is 0.443 e. The highest BCUT2D eigenvalue weighted by molar-refractivity contribution is 5.93. The van der Waals surface area contributed by atoms with Crippen LogP contribution < -0.4 is 10.6 Å². The van der Waals surface area contributed by atoms with Gasteiger partial charge in [-0.25, -0.2) is 14.8 Å². The van der Waals surface area contributed by atoms with E-state index in [2.05, 4.69) is 25.6 Å². The summed E-state index contributed by atoms with van der Waals surface area (Å²) in [6, 6.07) is 15.7. The number of rotatable bonds is 9. The van der Waals surface area contributed by atoms with Crippen LogP contribution in [-0.4, -0.2) is 61.2 Å². The Hall–Kier alpha value is -4.94. The van der Waals surface area contributed by atoms with Crippen molar-refractivity contribution in [2.24, 2.45) is 0 Å². The summed E-state index contributed by atoms with van der Waals surface area (Å²) in [6.07, 6.45) is -0.274. The van der Waals surface area contributed by atoms with Crippen molar-refractivity contribution in [2.45, 2.75) is 70.8 Å². The molecule has 0 aliphatic carbocycles. The molecular weight excluding hydrogens is 611 g/mol. The zero-order valence-corrected chi connectivity index (χ0v) is 26.7. The van der Waals surface area contributed by atoms with Crippen molar-refractivity contribution < 1.29 is 27.5 Å². The van der Waals surface area contributed by atoms with Crippen molar-refractivity contribution in [1.82, 2.24) is 29.7 Å². The van der Waals surface area contributed by atoms with E-state index < -0.39 is 23.2 Å². The molecule has 10 nitrogen and oxygen atoms in total. The standard InChI is InChI=1S/C34H38F3N7O3/c1-5-33(3,4)47-32(46)43-18-15-26(16-19-43)40-30(45)27-21-44(29(41-27)24-12-9-13-25(20-24)34(35,36)37)28-14-17-38-31(42-28)39-22(2)23-10-7-6-8-11-23/h6-14,17,20-22,26H,5,15-16,18-19H2,1-4H3,(H,40,45)(H,38,39,42)/t22-/m0/s1. The highest BCUT2D eigenvalue weighted by Crippen LogP contribution is 2.33. The van der Waals surface area contributed by atoms with E-state index in [4.69, 9.17) is 4.74 Å². The lowest BCUT2D eigenvalue weighted by Gasteiger charge is -2.34. The highest BCUT2D eigenvalue weighted by Gasteiger charge is 2.32. The summed E-state index contributed by atoms with van der Waals surface area (Å²) >= 11 is 0. The number of halogens is 3. The maximum atomic E-state index is 13.6. The van der Waals surface area contributed by atoms with Gasteiger partial charge in [0, 0.05) is 37.1 Å². The summed E-state index contributed by atoms with van der Waals surface area (Å²) in [6.45, 7) is 8.43. The Bertz CT molecular complexity index is 1700. The van der Waals surface area contributed by atoms with Crippen LogP contribution in [-0.2, 0) is 10.9 Å². The second-order valence-corrected chi connectivity index (χ2v) is 12.1. The fraction of sp³-hybridized carbons (Fsp3) is 0.382.